The van der Waals surface area contributed by atoms with Gasteiger partial charge in [0.05, 0.1) is 17.8 Å². The molecule has 0 unspecified atom stereocenters. The van der Waals surface area contributed by atoms with Crippen molar-refractivity contribution in [3.8, 4) is 0 Å². The van der Waals surface area contributed by atoms with E-state index in [4.69, 9.17) is 9.16 Å². The number of rotatable bonds is 3. The number of hydrogen-bond acceptors (Lipinski definition) is 4. The average Bonchev–Trinajstić information content (AvgIpc) is 3.07. The minimum absolute atomic E-state index is 0.00991. The van der Waals surface area contributed by atoms with Crippen LogP contribution in [0.5, 0.6) is 0 Å². The molecule has 2 fully saturated rings. The first-order valence-electron chi connectivity index (χ1n) is 12.5. The summed E-state index contributed by atoms with van der Waals surface area (Å²) in [5, 5.41) is 12.1. The predicted octanol–water partition coefficient (Wildman–Crippen LogP) is 6.00. The van der Waals surface area contributed by atoms with Crippen LogP contribution in [0.1, 0.15) is 74.7 Å². The van der Waals surface area contributed by atoms with Gasteiger partial charge in [-0.05, 0) is 74.4 Å². The van der Waals surface area contributed by atoms with E-state index in [1.54, 1.807) is 7.11 Å². The van der Waals surface area contributed by atoms with Gasteiger partial charge in [-0.1, -0.05) is 53.7 Å². The Morgan fingerprint density at radius 2 is 1.69 bits per heavy atom. The molecule has 2 saturated carbocycles. The highest BCUT2D eigenvalue weighted by Crippen LogP contribution is 2.58. The summed E-state index contributed by atoms with van der Waals surface area (Å²) in [6, 6.07) is 0. The number of methoxy groups -OCH3 is 1. The Morgan fingerprint density at radius 3 is 2.22 bits per heavy atom. The molecule has 0 aliphatic heterocycles. The van der Waals surface area contributed by atoms with E-state index < -0.39 is 19.3 Å². The number of ketones is 1. The second-order valence-electron chi connectivity index (χ2n) is 13.7. The van der Waals surface area contributed by atoms with Crippen LogP contribution in [0.2, 0.25) is 18.1 Å². The topological polar surface area (TPSA) is 55.8 Å². The van der Waals surface area contributed by atoms with Crippen molar-refractivity contribution < 1.29 is 19.1 Å². The highest BCUT2D eigenvalue weighted by Gasteiger charge is 2.60. The third kappa shape index (κ3) is 4.21. The highest BCUT2D eigenvalue weighted by molar-refractivity contribution is 6.74. The van der Waals surface area contributed by atoms with Crippen molar-refractivity contribution in [3.63, 3.8) is 0 Å². The Labute approximate surface area is 197 Å². The van der Waals surface area contributed by atoms with Gasteiger partial charge in [0.1, 0.15) is 5.78 Å². The van der Waals surface area contributed by atoms with Crippen LogP contribution in [0.4, 0.5) is 0 Å². The summed E-state index contributed by atoms with van der Waals surface area (Å²) < 4.78 is 12.9. The first-order chi connectivity index (χ1) is 14.4. The Hall–Kier alpha value is -0.493. The summed E-state index contributed by atoms with van der Waals surface area (Å²) >= 11 is 0. The van der Waals surface area contributed by atoms with Crippen LogP contribution in [0.25, 0.3) is 0 Å². The largest absolute Gasteiger partial charge is 0.411 e. The minimum atomic E-state index is -2.14. The van der Waals surface area contributed by atoms with Crippen molar-refractivity contribution >= 4 is 14.1 Å². The van der Waals surface area contributed by atoms with E-state index in [1.165, 1.54) is 0 Å². The Balaban J connectivity index is 2.13. The van der Waals surface area contributed by atoms with Gasteiger partial charge in [0.15, 0.2) is 8.32 Å². The number of carbonyl (C=O) groups excluding carboxylic acids is 1. The molecule has 0 heterocycles. The van der Waals surface area contributed by atoms with Crippen molar-refractivity contribution in [2.45, 2.75) is 111 Å². The summed E-state index contributed by atoms with van der Waals surface area (Å²) in [4.78, 5) is 14.2. The van der Waals surface area contributed by atoms with Gasteiger partial charge in [-0.2, -0.15) is 0 Å². The van der Waals surface area contributed by atoms with Crippen molar-refractivity contribution in [1.29, 1.82) is 0 Å². The monoisotopic (exact) mass is 464 g/mol. The summed E-state index contributed by atoms with van der Waals surface area (Å²) in [5.74, 6) is 0.660. The lowest BCUT2D eigenvalue weighted by molar-refractivity contribution is -0.135. The fraction of sp³-hybridized carbons (Fsp3) is 0.889. The van der Waals surface area contributed by atoms with Crippen LogP contribution in [0.3, 0.4) is 0 Å². The van der Waals surface area contributed by atoms with Gasteiger partial charge in [0.2, 0.25) is 0 Å². The summed E-state index contributed by atoms with van der Waals surface area (Å²) in [7, 11) is -0.385. The summed E-state index contributed by atoms with van der Waals surface area (Å²) in [6.07, 6.45) is 6.14. The van der Waals surface area contributed by atoms with Crippen molar-refractivity contribution in [2.75, 3.05) is 7.11 Å². The molecule has 0 amide bonds. The maximum Gasteiger partial charge on any atom is 0.192 e. The Kier molecular flexibility index (Phi) is 6.56. The van der Waals surface area contributed by atoms with E-state index in [0.717, 1.165) is 6.42 Å². The lowest BCUT2D eigenvalue weighted by atomic mass is 9.63. The molecule has 0 bridgehead atoms. The lowest BCUT2D eigenvalue weighted by Crippen LogP contribution is -2.53. The molecule has 3 aliphatic rings. The van der Waals surface area contributed by atoms with E-state index in [1.807, 2.05) is 6.92 Å². The Morgan fingerprint density at radius 1 is 1.09 bits per heavy atom. The smallest absolute Gasteiger partial charge is 0.192 e. The molecule has 32 heavy (non-hydrogen) atoms. The molecule has 1 N–H and O–H groups in total. The van der Waals surface area contributed by atoms with Crippen LogP contribution >= 0.6 is 0 Å². The van der Waals surface area contributed by atoms with Gasteiger partial charge >= 0.3 is 0 Å². The molecule has 5 heteroatoms. The predicted molar refractivity (Wildman–Crippen MR) is 133 cm³/mol. The first-order valence-corrected chi connectivity index (χ1v) is 15.5. The van der Waals surface area contributed by atoms with Gasteiger partial charge in [-0.25, -0.2) is 0 Å². The van der Waals surface area contributed by atoms with Gasteiger partial charge in [0.25, 0.3) is 0 Å². The van der Waals surface area contributed by atoms with E-state index in [2.05, 4.69) is 73.7 Å². The number of Topliss-reactive ketones (excluding diaryl/α,β-unsaturated/α-hetero) is 1. The molecule has 3 rings (SSSR count). The van der Waals surface area contributed by atoms with Crippen LogP contribution < -0.4 is 0 Å². The molecule has 184 valence electrons. The highest BCUT2D eigenvalue weighted by atomic mass is 28.4. The van der Waals surface area contributed by atoms with Crippen LogP contribution in [-0.2, 0) is 14.0 Å². The van der Waals surface area contributed by atoms with Crippen LogP contribution in [0, 0.1) is 34.5 Å². The number of fused-ring (bicyclic) bond motifs is 2. The zero-order valence-electron chi connectivity index (χ0n) is 22.4. The summed E-state index contributed by atoms with van der Waals surface area (Å²) in [5.41, 5.74) is -1.69. The molecule has 4 nitrogen and oxygen atoms in total. The molecule has 3 aliphatic carbocycles. The normalized spacial score (nSPS) is 44.6. The minimum Gasteiger partial charge on any atom is -0.411 e. The quantitative estimate of drug-likeness (QED) is 0.411. The van der Waals surface area contributed by atoms with Gasteiger partial charge in [-0.3, -0.25) is 4.79 Å². The van der Waals surface area contributed by atoms with Crippen LogP contribution in [-0.4, -0.2) is 44.1 Å². The molecule has 0 radical (unpaired) electrons. The third-order valence-corrected chi connectivity index (χ3v) is 14.3. The SMILES string of the molecule is CO[C@@H]1[C@H]2C[C@@](C)(O)[C@@H](O[Si](C)(C)C(C)(C)C)C[C@H]3C(C)(C)C=C[C@@]3(C)C(=O)[C@H]2C[C@H]1C. The van der Waals surface area contributed by atoms with Gasteiger partial charge in [0, 0.05) is 18.4 Å². The average molecular weight is 465 g/mol. The lowest BCUT2D eigenvalue weighted by Gasteiger charge is -2.47. The molecule has 0 aromatic rings. The third-order valence-electron chi connectivity index (χ3n) is 9.78. The molecule has 8 atom stereocenters. The number of ether oxygens (including phenoxy) is 1. The zero-order valence-corrected chi connectivity index (χ0v) is 23.4. The molecule has 0 aromatic carbocycles. The van der Waals surface area contributed by atoms with Gasteiger partial charge < -0.3 is 14.3 Å². The van der Waals surface area contributed by atoms with Crippen molar-refractivity contribution in [1.82, 2.24) is 0 Å². The number of hydrogen-bond donors (Lipinski definition) is 1. The summed E-state index contributed by atoms with van der Waals surface area (Å²) in [6.45, 7) is 22.0. The van der Waals surface area contributed by atoms with Crippen LogP contribution in [0.15, 0.2) is 12.2 Å². The maximum atomic E-state index is 14.2. The number of carbonyl (C=O) groups is 1. The van der Waals surface area contributed by atoms with E-state index in [-0.39, 0.29) is 40.4 Å². The van der Waals surface area contributed by atoms with E-state index >= 15 is 0 Å². The second-order valence-corrected chi connectivity index (χ2v) is 18.5. The molecule has 0 spiro atoms. The second kappa shape index (κ2) is 8.03. The first kappa shape index (κ1) is 26.1. The number of allylic oxidation sites excluding steroid dienone is 2. The fourth-order valence-electron chi connectivity index (χ4n) is 6.71. The van der Waals surface area contributed by atoms with Crippen molar-refractivity contribution in [3.05, 3.63) is 12.2 Å². The molecular formula is C27H48O4Si. The van der Waals surface area contributed by atoms with Gasteiger partial charge in [-0.15, -0.1) is 0 Å². The maximum absolute atomic E-state index is 14.2. The Bertz CT molecular complexity index is 762. The van der Waals surface area contributed by atoms with E-state index in [0.29, 0.717) is 24.5 Å². The standard InChI is InChI=1S/C27H48O4Si/c1-17-14-18-19(22(17)30-9)16-27(8,29)21(31-32(10,11)24(2,3)4)15-20-25(5,6)12-13-26(20,7)23(18)28/h12-13,17-22,29H,14-16H2,1-11H3/t17-,18+,19+,20+,21+,22+,26-,27-/m1/s1. The number of aliphatic hydroxyl groups is 1. The van der Waals surface area contributed by atoms with Crippen molar-refractivity contribution in [2.24, 2.45) is 34.5 Å². The fourth-order valence-corrected chi connectivity index (χ4v) is 8.12. The van der Waals surface area contributed by atoms with E-state index in [9.17, 15) is 9.90 Å². The molecule has 0 aromatic heterocycles. The molecular weight excluding hydrogens is 416 g/mol. The molecule has 0 saturated heterocycles. The zero-order chi connectivity index (χ0) is 24.5.